The lowest BCUT2D eigenvalue weighted by atomic mass is 9.92. The van der Waals surface area contributed by atoms with Gasteiger partial charge in [0.1, 0.15) is 0 Å². The normalized spacial score (nSPS) is 14.9. The maximum atomic E-state index is 4.50. The summed E-state index contributed by atoms with van der Waals surface area (Å²) >= 11 is 0. The topological polar surface area (TPSA) is 36.1 Å². The Morgan fingerprint density at radius 1 is 0.914 bits per heavy atom. The lowest BCUT2D eigenvalue weighted by molar-refractivity contribution is 0.405. The van der Waals surface area contributed by atoms with Gasteiger partial charge in [-0.15, -0.1) is 0 Å². The Morgan fingerprint density at radius 2 is 1.54 bits per heavy atom. The van der Waals surface area contributed by atoms with E-state index in [-0.39, 0.29) is 12.1 Å². The predicted octanol–water partition coefficient (Wildman–Crippen LogP) is 7.65. The maximum Gasteiger partial charge on any atom is 0.0653 e. The van der Waals surface area contributed by atoms with Crippen molar-refractivity contribution >= 4 is 0 Å². The van der Waals surface area contributed by atoms with E-state index in [0.717, 1.165) is 41.9 Å². The van der Waals surface area contributed by atoms with E-state index >= 15 is 0 Å². The largest absolute Gasteiger partial charge is 0.383 e. The van der Waals surface area contributed by atoms with Crippen LogP contribution in [0.2, 0.25) is 0 Å². The zero-order chi connectivity index (χ0) is 25.8. The Morgan fingerprint density at radius 3 is 2.09 bits per heavy atom. The van der Waals surface area contributed by atoms with Crippen LogP contribution in [-0.4, -0.2) is 18.1 Å². The molecule has 3 nitrogen and oxygen atoms in total. The molecule has 0 radical (unpaired) electrons. The van der Waals surface area contributed by atoms with Crippen LogP contribution >= 0.6 is 0 Å². The van der Waals surface area contributed by atoms with E-state index in [4.69, 9.17) is 0 Å². The quantitative estimate of drug-likeness (QED) is 0.179. The molecule has 0 heterocycles. The first-order valence-corrected chi connectivity index (χ1v) is 13.8. The fraction of sp³-hybridized carbons (Fsp3) is 0.562. The molecule has 3 N–H and O–H groups in total. The number of allylic oxidation sites excluding steroid dienone is 1. The number of nitrogens with one attached hydrogen (secondary N) is 3. The molecule has 1 fully saturated rings. The molecule has 0 bridgehead atoms. The van der Waals surface area contributed by atoms with E-state index < -0.39 is 0 Å². The van der Waals surface area contributed by atoms with Gasteiger partial charge in [0.15, 0.2) is 0 Å². The fourth-order valence-corrected chi connectivity index (χ4v) is 4.79. The summed E-state index contributed by atoms with van der Waals surface area (Å²) in [6, 6.07) is 11.3. The Balaban J connectivity index is 2.12. The molecule has 0 spiro atoms. The van der Waals surface area contributed by atoms with Gasteiger partial charge in [-0.1, -0.05) is 110 Å². The van der Waals surface area contributed by atoms with Gasteiger partial charge in [-0.25, -0.2) is 0 Å². The molecule has 194 valence electrons. The number of benzene rings is 1. The van der Waals surface area contributed by atoms with Gasteiger partial charge in [-0.2, -0.15) is 0 Å². The summed E-state index contributed by atoms with van der Waals surface area (Å²) in [5, 5.41) is 11.0. The monoisotopic (exact) mass is 477 g/mol. The van der Waals surface area contributed by atoms with Gasteiger partial charge >= 0.3 is 0 Å². The third-order valence-electron chi connectivity index (χ3n) is 6.84. The highest BCUT2D eigenvalue weighted by atomic mass is 15.0. The van der Waals surface area contributed by atoms with Crippen LogP contribution in [0.3, 0.4) is 0 Å². The number of hydrogen-bond donors (Lipinski definition) is 3. The molecule has 0 aromatic heterocycles. The van der Waals surface area contributed by atoms with Crippen molar-refractivity contribution in [3.05, 3.63) is 84.9 Å². The van der Waals surface area contributed by atoms with Crippen LogP contribution < -0.4 is 16.0 Å². The molecule has 1 aliphatic rings. The first kappa shape index (κ1) is 28.8. The van der Waals surface area contributed by atoms with Gasteiger partial charge in [-0.3, -0.25) is 0 Å². The van der Waals surface area contributed by atoms with Crippen molar-refractivity contribution in [2.24, 2.45) is 11.8 Å². The second-order valence-corrected chi connectivity index (χ2v) is 10.9. The van der Waals surface area contributed by atoms with Crippen LogP contribution in [-0.2, 0) is 6.42 Å². The molecule has 2 rings (SSSR count). The minimum Gasteiger partial charge on any atom is -0.383 e. The summed E-state index contributed by atoms with van der Waals surface area (Å²) in [5.74, 6) is 1.25. The smallest absolute Gasteiger partial charge is 0.0653 e. The molecule has 1 unspecified atom stereocenters. The number of rotatable bonds is 19. The minimum absolute atomic E-state index is 0.0290. The fourth-order valence-electron chi connectivity index (χ4n) is 4.79. The SMILES string of the molecule is C=C(CC(CCC)CCC)NC(CC(C)C)C(=C)N[C@@H](Cc1ccccc1)C(=C)C(=C)NC1CC1. The third kappa shape index (κ3) is 10.8. The summed E-state index contributed by atoms with van der Waals surface area (Å²) < 4.78 is 0. The Bertz CT molecular complexity index is 812. The molecule has 0 saturated heterocycles. The summed E-state index contributed by atoms with van der Waals surface area (Å²) in [6.45, 7) is 26.8. The standard InChI is InChI=1S/C32H51N3/c1-9-14-28(15-10-2)21-24(5)33-32(20-23(3)4)27(8)35-31(22-29-16-12-11-13-17-29)25(6)26(7)34-30-18-19-30/h11-13,16-17,23,28,30-35H,5-10,14-15,18-22H2,1-4H3/t31-,32?/m0/s1. The van der Waals surface area contributed by atoms with Crippen LogP contribution in [0.15, 0.2) is 79.3 Å². The lowest BCUT2D eigenvalue weighted by Gasteiger charge is -2.31. The minimum atomic E-state index is 0.0290. The zero-order valence-electron chi connectivity index (χ0n) is 23.0. The second-order valence-electron chi connectivity index (χ2n) is 10.9. The van der Waals surface area contributed by atoms with E-state index in [2.05, 4.69) is 100 Å². The van der Waals surface area contributed by atoms with Crippen LogP contribution in [0.25, 0.3) is 0 Å². The second kappa shape index (κ2) is 14.9. The first-order valence-electron chi connectivity index (χ1n) is 13.8. The van der Waals surface area contributed by atoms with E-state index in [9.17, 15) is 0 Å². The van der Waals surface area contributed by atoms with Gasteiger partial charge in [0.05, 0.1) is 12.1 Å². The molecule has 2 atom stereocenters. The van der Waals surface area contributed by atoms with Crippen molar-refractivity contribution < 1.29 is 0 Å². The summed E-state index contributed by atoms with van der Waals surface area (Å²) in [4.78, 5) is 0. The van der Waals surface area contributed by atoms with Crippen LogP contribution in [0.1, 0.15) is 84.6 Å². The summed E-state index contributed by atoms with van der Waals surface area (Å²) in [5.41, 5.74) is 5.36. The highest BCUT2D eigenvalue weighted by Crippen LogP contribution is 2.25. The molecule has 35 heavy (non-hydrogen) atoms. The maximum absolute atomic E-state index is 4.50. The molecule has 1 aromatic carbocycles. The third-order valence-corrected chi connectivity index (χ3v) is 6.84. The highest BCUT2D eigenvalue weighted by Gasteiger charge is 2.26. The van der Waals surface area contributed by atoms with Crippen molar-refractivity contribution in [3.63, 3.8) is 0 Å². The van der Waals surface area contributed by atoms with Crippen molar-refractivity contribution in [2.45, 2.75) is 104 Å². The predicted molar refractivity (Wildman–Crippen MR) is 154 cm³/mol. The summed E-state index contributed by atoms with van der Waals surface area (Å²) in [6.07, 6.45) is 10.3. The lowest BCUT2D eigenvalue weighted by Crippen LogP contribution is -2.43. The Labute approximate surface area is 216 Å². The van der Waals surface area contributed by atoms with Gasteiger partial charge in [-0.05, 0) is 55.1 Å². The Kier molecular flexibility index (Phi) is 12.2. The van der Waals surface area contributed by atoms with Crippen molar-refractivity contribution in [1.29, 1.82) is 0 Å². The molecule has 1 saturated carbocycles. The van der Waals surface area contributed by atoms with Crippen LogP contribution in [0.4, 0.5) is 0 Å². The van der Waals surface area contributed by atoms with Crippen molar-refractivity contribution in [1.82, 2.24) is 16.0 Å². The molecule has 0 amide bonds. The Hall–Kier alpha value is -2.42. The first-order chi connectivity index (χ1) is 16.7. The molecular formula is C32H51N3. The molecule has 1 aromatic rings. The molecule has 1 aliphatic carbocycles. The summed E-state index contributed by atoms with van der Waals surface area (Å²) in [7, 11) is 0. The number of hydrogen-bond acceptors (Lipinski definition) is 3. The van der Waals surface area contributed by atoms with E-state index in [0.29, 0.717) is 17.9 Å². The zero-order valence-corrected chi connectivity index (χ0v) is 23.0. The van der Waals surface area contributed by atoms with E-state index in [1.54, 1.807) is 0 Å². The van der Waals surface area contributed by atoms with Crippen LogP contribution in [0, 0.1) is 11.8 Å². The van der Waals surface area contributed by atoms with Crippen molar-refractivity contribution in [3.8, 4) is 0 Å². The average molecular weight is 478 g/mol. The van der Waals surface area contributed by atoms with Gasteiger partial charge < -0.3 is 16.0 Å². The average Bonchev–Trinajstić information content (AvgIpc) is 3.62. The molecular weight excluding hydrogens is 426 g/mol. The van der Waals surface area contributed by atoms with Crippen LogP contribution in [0.5, 0.6) is 0 Å². The molecule has 0 aliphatic heterocycles. The van der Waals surface area contributed by atoms with E-state index in [1.165, 1.54) is 44.1 Å². The van der Waals surface area contributed by atoms with E-state index in [1.807, 2.05) is 0 Å². The van der Waals surface area contributed by atoms with Gasteiger partial charge in [0.25, 0.3) is 0 Å². The molecule has 3 heteroatoms. The van der Waals surface area contributed by atoms with Gasteiger partial charge in [0.2, 0.25) is 0 Å². The van der Waals surface area contributed by atoms with Crippen molar-refractivity contribution in [2.75, 3.05) is 0 Å². The van der Waals surface area contributed by atoms with Gasteiger partial charge in [0, 0.05) is 23.1 Å². The highest BCUT2D eigenvalue weighted by molar-refractivity contribution is 5.34.